The van der Waals surface area contributed by atoms with Crippen molar-refractivity contribution in [1.29, 1.82) is 0 Å². The lowest BCUT2D eigenvalue weighted by Crippen LogP contribution is -2.45. The molecule has 1 saturated heterocycles. The van der Waals surface area contributed by atoms with Gasteiger partial charge in [0, 0.05) is 38.9 Å². The fourth-order valence-corrected chi connectivity index (χ4v) is 4.61. The van der Waals surface area contributed by atoms with Crippen LogP contribution in [0.3, 0.4) is 0 Å². The molecule has 1 atom stereocenters. The number of ether oxygens (including phenoxy) is 1. The number of para-hydroxylation sites is 1. The monoisotopic (exact) mass is 392 g/mol. The van der Waals surface area contributed by atoms with Crippen LogP contribution in [0.4, 0.5) is 5.69 Å². The number of rotatable bonds is 6. The number of benzene rings is 2. The highest BCUT2D eigenvalue weighted by Crippen LogP contribution is 2.45. The van der Waals surface area contributed by atoms with Gasteiger partial charge in [-0.1, -0.05) is 48.5 Å². The summed E-state index contributed by atoms with van der Waals surface area (Å²) in [6.45, 7) is 2.17. The molecule has 0 saturated carbocycles. The third kappa shape index (κ3) is 3.92. The summed E-state index contributed by atoms with van der Waals surface area (Å²) in [6.07, 6.45) is 2.61. The Morgan fingerprint density at radius 2 is 1.79 bits per heavy atom. The van der Waals surface area contributed by atoms with Crippen molar-refractivity contribution >= 4 is 17.5 Å². The van der Waals surface area contributed by atoms with E-state index in [1.165, 1.54) is 0 Å². The number of hydrogen-bond acceptors (Lipinski definition) is 3. The van der Waals surface area contributed by atoms with Crippen molar-refractivity contribution in [3.8, 4) is 0 Å². The van der Waals surface area contributed by atoms with Crippen LogP contribution in [0.15, 0.2) is 54.6 Å². The first kappa shape index (κ1) is 19.6. The maximum Gasteiger partial charge on any atom is 0.238 e. The van der Waals surface area contributed by atoms with Crippen molar-refractivity contribution in [1.82, 2.24) is 5.32 Å². The van der Waals surface area contributed by atoms with Gasteiger partial charge in [0.2, 0.25) is 11.8 Å². The van der Waals surface area contributed by atoms with E-state index >= 15 is 0 Å². The minimum Gasteiger partial charge on any atom is -0.381 e. The number of carbonyl (C=O) groups is 2. The van der Waals surface area contributed by atoms with Crippen molar-refractivity contribution in [2.75, 3.05) is 31.7 Å². The highest BCUT2D eigenvalue weighted by Gasteiger charge is 2.50. The van der Waals surface area contributed by atoms with Gasteiger partial charge in [0.1, 0.15) is 0 Å². The van der Waals surface area contributed by atoms with Crippen molar-refractivity contribution in [3.63, 3.8) is 0 Å². The average Bonchev–Trinajstić information content (AvgIpc) is 2.96. The van der Waals surface area contributed by atoms with Crippen LogP contribution in [0.1, 0.15) is 30.4 Å². The van der Waals surface area contributed by atoms with Gasteiger partial charge in [0.25, 0.3) is 0 Å². The van der Waals surface area contributed by atoms with Crippen LogP contribution < -0.4 is 10.2 Å². The Morgan fingerprint density at radius 3 is 2.55 bits per heavy atom. The summed E-state index contributed by atoms with van der Waals surface area (Å²) in [4.78, 5) is 28.1. The Balaban J connectivity index is 1.59. The summed E-state index contributed by atoms with van der Waals surface area (Å²) in [7, 11) is 1.80. The molecule has 4 rings (SSSR count). The number of nitrogens with one attached hydrogen (secondary N) is 1. The third-order valence-electron chi connectivity index (χ3n) is 6.23. The van der Waals surface area contributed by atoms with E-state index in [0.29, 0.717) is 18.9 Å². The Labute approximate surface area is 172 Å². The van der Waals surface area contributed by atoms with Gasteiger partial charge in [-0.3, -0.25) is 9.59 Å². The van der Waals surface area contributed by atoms with Crippen LogP contribution in [0.25, 0.3) is 0 Å². The van der Waals surface area contributed by atoms with E-state index in [1.54, 1.807) is 11.9 Å². The minimum atomic E-state index is -0.869. The molecule has 2 aliphatic rings. The fourth-order valence-electron chi connectivity index (χ4n) is 4.61. The molecular formula is C24H28N2O3. The lowest BCUT2D eigenvalue weighted by Gasteiger charge is -2.29. The van der Waals surface area contributed by atoms with Crippen LogP contribution in [0.5, 0.6) is 0 Å². The van der Waals surface area contributed by atoms with Crippen molar-refractivity contribution < 1.29 is 14.3 Å². The zero-order valence-corrected chi connectivity index (χ0v) is 16.9. The molecule has 0 bridgehead atoms. The molecule has 0 aromatic heterocycles. The first-order valence-corrected chi connectivity index (χ1v) is 10.4. The molecule has 0 unspecified atom stereocenters. The molecule has 2 heterocycles. The normalized spacial score (nSPS) is 21.8. The molecule has 152 valence electrons. The summed E-state index contributed by atoms with van der Waals surface area (Å²) >= 11 is 0. The van der Waals surface area contributed by atoms with E-state index in [1.807, 2.05) is 54.6 Å². The first-order chi connectivity index (χ1) is 14.1. The van der Waals surface area contributed by atoms with Crippen LogP contribution >= 0.6 is 0 Å². The number of carbonyl (C=O) groups excluding carboxylic acids is 2. The van der Waals surface area contributed by atoms with E-state index < -0.39 is 5.41 Å². The lowest BCUT2D eigenvalue weighted by atomic mass is 9.73. The van der Waals surface area contributed by atoms with Crippen molar-refractivity contribution in [3.05, 3.63) is 65.7 Å². The maximum absolute atomic E-state index is 13.5. The summed E-state index contributed by atoms with van der Waals surface area (Å²) in [5, 5.41) is 3.09. The number of anilines is 1. The Bertz CT molecular complexity index is 877. The number of hydrogen-bond donors (Lipinski definition) is 1. The molecule has 29 heavy (non-hydrogen) atoms. The highest BCUT2D eigenvalue weighted by atomic mass is 16.5. The van der Waals surface area contributed by atoms with Crippen LogP contribution in [0, 0.1) is 5.92 Å². The van der Waals surface area contributed by atoms with Crippen molar-refractivity contribution in [2.45, 2.75) is 31.1 Å². The highest BCUT2D eigenvalue weighted by molar-refractivity contribution is 6.09. The summed E-state index contributed by atoms with van der Waals surface area (Å²) in [6, 6.07) is 17.8. The molecule has 5 nitrogen and oxygen atoms in total. The molecular weight excluding hydrogens is 364 g/mol. The van der Waals surface area contributed by atoms with E-state index in [-0.39, 0.29) is 18.2 Å². The molecule has 1 fully saturated rings. The largest absolute Gasteiger partial charge is 0.381 e. The zero-order chi connectivity index (χ0) is 20.3. The quantitative estimate of drug-likeness (QED) is 0.822. The number of likely N-dealkylation sites (N-methyl/N-ethyl adjacent to an activating group) is 1. The number of nitrogens with zero attached hydrogens (tertiary/aromatic N) is 1. The second kappa shape index (κ2) is 8.37. The smallest absolute Gasteiger partial charge is 0.238 e. The molecule has 1 N–H and O–H groups in total. The van der Waals surface area contributed by atoms with E-state index in [9.17, 15) is 9.59 Å². The van der Waals surface area contributed by atoms with E-state index in [2.05, 4.69) is 5.32 Å². The zero-order valence-electron chi connectivity index (χ0n) is 16.9. The molecule has 0 radical (unpaired) electrons. The van der Waals surface area contributed by atoms with Gasteiger partial charge >= 0.3 is 0 Å². The molecule has 5 heteroatoms. The Kier molecular flexibility index (Phi) is 5.67. The molecule has 2 aromatic carbocycles. The van der Waals surface area contributed by atoms with E-state index in [4.69, 9.17) is 4.74 Å². The molecule has 2 amide bonds. The third-order valence-corrected chi connectivity index (χ3v) is 6.23. The van der Waals surface area contributed by atoms with Gasteiger partial charge in [-0.2, -0.15) is 0 Å². The minimum absolute atomic E-state index is 0.0104. The Hall–Kier alpha value is -2.66. The molecule has 2 aliphatic heterocycles. The van der Waals surface area contributed by atoms with Crippen LogP contribution in [0.2, 0.25) is 0 Å². The second-order valence-electron chi connectivity index (χ2n) is 8.16. The van der Waals surface area contributed by atoms with Crippen molar-refractivity contribution in [2.24, 2.45) is 5.92 Å². The first-order valence-electron chi connectivity index (χ1n) is 10.4. The topological polar surface area (TPSA) is 58.6 Å². The average molecular weight is 392 g/mol. The summed E-state index contributed by atoms with van der Waals surface area (Å²) in [5.41, 5.74) is 2.03. The predicted octanol–water partition coefficient (Wildman–Crippen LogP) is 3.08. The van der Waals surface area contributed by atoms with Crippen LogP contribution in [-0.4, -0.2) is 38.6 Å². The maximum atomic E-state index is 13.5. The summed E-state index contributed by atoms with van der Waals surface area (Å²) in [5.74, 6) is 0.377. The lowest BCUT2D eigenvalue weighted by molar-refractivity contribution is -0.129. The van der Waals surface area contributed by atoms with Gasteiger partial charge in [-0.15, -0.1) is 0 Å². The molecule has 0 spiro atoms. The number of amides is 2. The SMILES string of the molecule is CN1C(=O)[C@@](CC(=O)NCC2CCOCC2)(Cc2ccccc2)c2ccccc21. The van der Waals surface area contributed by atoms with Gasteiger partial charge in [-0.25, -0.2) is 0 Å². The van der Waals surface area contributed by atoms with E-state index in [0.717, 1.165) is 42.9 Å². The van der Waals surface area contributed by atoms with Crippen LogP contribution in [-0.2, 0) is 26.2 Å². The molecule has 0 aliphatic carbocycles. The fraction of sp³-hybridized carbons (Fsp3) is 0.417. The van der Waals surface area contributed by atoms with Gasteiger partial charge in [0.15, 0.2) is 0 Å². The Morgan fingerprint density at radius 1 is 1.10 bits per heavy atom. The number of fused-ring (bicyclic) bond motifs is 1. The van der Waals surface area contributed by atoms with Gasteiger partial charge in [0.05, 0.1) is 5.41 Å². The van der Waals surface area contributed by atoms with Gasteiger partial charge in [-0.05, 0) is 42.4 Å². The molecule has 2 aromatic rings. The summed E-state index contributed by atoms with van der Waals surface area (Å²) < 4.78 is 5.40. The second-order valence-corrected chi connectivity index (χ2v) is 8.16. The standard InChI is InChI=1S/C24H28N2O3/c1-26-21-10-6-5-9-20(21)24(23(26)28,15-18-7-3-2-4-8-18)16-22(27)25-17-19-11-13-29-14-12-19/h2-10,19H,11-17H2,1H3,(H,25,27)/t24-/m1/s1. The van der Waals surface area contributed by atoms with Gasteiger partial charge < -0.3 is 15.0 Å². The predicted molar refractivity (Wildman–Crippen MR) is 113 cm³/mol.